The number of carbonyl (C=O) groups is 3. The Morgan fingerprint density at radius 3 is 2.22 bits per heavy atom. The molecule has 8 heteroatoms. The van der Waals surface area contributed by atoms with Gasteiger partial charge in [0, 0.05) is 17.7 Å². The highest BCUT2D eigenvalue weighted by Gasteiger charge is 2.42. The van der Waals surface area contributed by atoms with Crippen LogP contribution < -0.4 is 11.1 Å². The molecule has 2 amide bonds. The lowest BCUT2D eigenvalue weighted by Crippen LogP contribution is -2.60. The first-order valence-electron chi connectivity index (χ1n) is 15.8. The number of halogens is 1. The molecular weight excluding hydrogens is 569 g/mol. The summed E-state index contributed by atoms with van der Waals surface area (Å²) in [6, 6.07) is 20.6. The van der Waals surface area contributed by atoms with Gasteiger partial charge in [-0.1, -0.05) is 69.3 Å². The van der Waals surface area contributed by atoms with E-state index in [-0.39, 0.29) is 36.6 Å². The minimum absolute atomic E-state index is 0.0371. The van der Waals surface area contributed by atoms with Gasteiger partial charge in [0.15, 0.2) is 0 Å². The average Bonchev–Trinajstić information content (AvgIpc) is 3.03. The number of rotatable bonds is 13. The van der Waals surface area contributed by atoms with Gasteiger partial charge in [-0.2, -0.15) is 0 Å². The predicted octanol–water partition coefficient (Wildman–Crippen LogP) is 7.34. The van der Waals surface area contributed by atoms with Crippen molar-refractivity contribution in [3.05, 3.63) is 102 Å². The Morgan fingerprint density at radius 2 is 1.60 bits per heavy atom. The number of amides is 2. The molecule has 1 fully saturated rings. The highest BCUT2D eigenvalue weighted by atomic mass is 19.1. The van der Waals surface area contributed by atoms with Crippen LogP contribution in [-0.2, 0) is 9.59 Å². The molecule has 7 nitrogen and oxygen atoms in total. The van der Waals surface area contributed by atoms with E-state index in [0.29, 0.717) is 41.9 Å². The van der Waals surface area contributed by atoms with Crippen LogP contribution >= 0.6 is 0 Å². The lowest BCUT2D eigenvalue weighted by atomic mass is 9.84. The van der Waals surface area contributed by atoms with Crippen LogP contribution in [0.25, 0.3) is 16.7 Å². The number of aliphatic carboxylic acids is 1. The minimum atomic E-state index is -0.981. The lowest BCUT2D eigenvalue weighted by Gasteiger charge is -2.48. The van der Waals surface area contributed by atoms with Gasteiger partial charge in [-0.3, -0.25) is 14.4 Å². The topological polar surface area (TPSA) is 113 Å². The van der Waals surface area contributed by atoms with Gasteiger partial charge in [-0.15, -0.1) is 0 Å². The number of nitrogens with zero attached hydrogens (tertiary/aromatic N) is 1. The Bertz CT molecular complexity index is 1490. The van der Waals surface area contributed by atoms with Crippen LogP contribution in [0.4, 0.5) is 4.39 Å². The molecule has 0 heterocycles. The first-order chi connectivity index (χ1) is 21.5. The molecule has 0 saturated heterocycles. The molecule has 0 bridgehead atoms. The summed E-state index contributed by atoms with van der Waals surface area (Å²) in [7, 11) is 0. The van der Waals surface area contributed by atoms with Crippen molar-refractivity contribution in [2.45, 2.75) is 76.9 Å². The van der Waals surface area contributed by atoms with E-state index in [1.165, 1.54) is 12.1 Å². The minimum Gasteiger partial charge on any atom is -0.481 e. The van der Waals surface area contributed by atoms with Crippen molar-refractivity contribution >= 4 is 23.4 Å². The summed E-state index contributed by atoms with van der Waals surface area (Å²) in [5, 5.41) is 11.5. The third-order valence-electron chi connectivity index (χ3n) is 8.58. The molecule has 0 aliphatic heterocycles. The van der Waals surface area contributed by atoms with E-state index in [1.54, 1.807) is 24.3 Å². The maximum atomic E-state index is 14.6. The molecule has 1 aliphatic rings. The zero-order chi connectivity index (χ0) is 32.6. The zero-order valence-electron chi connectivity index (χ0n) is 26.2. The van der Waals surface area contributed by atoms with E-state index in [0.717, 1.165) is 42.4 Å². The molecule has 3 aromatic carbocycles. The summed E-state index contributed by atoms with van der Waals surface area (Å²) >= 11 is 0. The van der Waals surface area contributed by atoms with Crippen molar-refractivity contribution in [3.8, 4) is 11.1 Å². The van der Waals surface area contributed by atoms with Crippen LogP contribution in [0.15, 0.2) is 79.4 Å². The molecule has 3 aromatic rings. The second-order valence-corrected chi connectivity index (χ2v) is 12.4. The quantitative estimate of drug-likeness (QED) is 0.138. The molecule has 1 saturated carbocycles. The van der Waals surface area contributed by atoms with Gasteiger partial charge in [-0.25, -0.2) is 4.39 Å². The summed E-state index contributed by atoms with van der Waals surface area (Å²) < 4.78 is 13.6. The van der Waals surface area contributed by atoms with E-state index < -0.39 is 11.6 Å². The smallest absolute Gasteiger partial charge is 0.305 e. The molecule has 0 unspecified atom stereocenters. The maximum absolute atomic E-state index is 14.6. The number of nitrogens with two attached hydrogens (primary N) is 1. The fraction of sp³-hybridized carbons (Fsp3) is 0.378. The summed E-state index contributed by atoms with van der Waals surface area (Å²) in [6.07, 6.45) is 5.60. The number of nitrogens with one attached hydrogen (secondary N) is 1. The van der Waals surface area contributed by atoms with Crippen LogP contribution in [0.1, 0.15) is 92.7 Å². The SMILES string of the molecule is C=C(C(=O)N([C@H](CCC(C)C)c1ccc(C(=O)NCCC(=O)O)cc1)C1(N)CCCCC1)c1cccc(-c2ccc(F)cc2)c1. The first-order valence-corrected chi connectivity index (χ1v) is 15.8. The third-order valence-corrected chi connectivity index (χ3v) is 8.58. The van der Waals surface area contributed by atoms with Gasteiger partial charge in [-0.05, 0) is 97.0 Å². The summed E-state index contributed by atoms with van der Waals surface area (Å²) in [5.74, 6) is -1.50. The molecule has 4 rings (SSSR count). The largest absolute Gasteiger partial charge is 0.481 e. The number of hydrogen-bond donors (Lipinski definition) is 3. The van der Waals surface area contributed by atoms with E-state index >= 15 is 0 Å². The Kier molecular flexibility index (Phi) is 11.3. The Balaban J connectivity index is 1.69. The maximum Gasteiger partial charge on any atom is 0.305 e. The van der Waals surface area contributed by atoms with Crippen LogP contribution in [0, 0.1) is 11.7 Å². The van der Waals surface area contributed by atoms with Gasteiger partial charge >= 0.3 is 5.97 Å². The van der Waals surface area contributed by atoms with Crippen molar-refractivity contribution in [1.29, 1.82) is 0 Å². The number of carboxylic acids is 1. The van der Waals surface area contributed by atoms with E-state index in [2.05, 4.69) is 25.7 Å². The zero-order valence-corrected chi connectivity index (χ0v) is 26.2. The van der Waals surface area contributed by atoms with Gasteiger partial charge in [0.25, 0.3) is 11.8 Å². The van der Waals surface area contributed by atoms with Crippen molar-refractivity contribution in [1.82, 2.24) is 10.2 Å². The van der Waals surface area contributed by atoms with Crippen LogP contribution in [0.5, 0.6) is 0 Å². The highest BCUT2D eigenvalue weighted by molar-refractivity contribution is 6.19. The number of hydrogen-bond acceptors (Lipinski definition) is 4. The van der Waals surface area contributed by atoms with Crippen LogP contribution in [0.2, 0.25) is 0 Å². The van der Waals surface area contributed by atoms with Crippen molar-refractivity contribution in [3.63, 3.8) is 0 Å². The molecule has 0 spiro atoms. The second kappa shape index (κ2) is 15.1. The van der Waals surface area contributed by atoms with E-state index in [4.69, 9.17) is 10.8 Å². The van der Waals surface area contributed by atoms with E-state index in [9.17, 15) is 18.8 Å². The third kappa shape index (κ3) is 8.66. The highest BCUT2D eigenvalue weighted by Crippen LogP contribution is 2.40. The van der Waals surface area contributed by atoms with Gasteiger partial charge in [0.1, 0.15) is 5.82 Å². The predicted molar refractivity (Wildman–Crippen MR) is 176 cm³/mol. The summed E-state index contributed by atoms with van der Waals surface area (Å²) in [5.41, 5.74) is 10.3. The van der Waals surface area contributed by atoms with Gasteiger partial charge in [0.05, 0.1) is 18.1 Å². The Labute approximate surface area is 265 Å². The molecule has 1 atom stereocenters. The lowest BCUT2D eigenvalue weighted by molar-refractivity contribution is -0.138. The average molecular weight is 614 g/mol. The van der Waals surface area contributed by atoms with Crippen molar-refractivity contribution < 1.29 is 23.9 Å². The summed E-state index contributed by atoms with van der Waals surface area (Å²) in [6.45, 7) is 8.60. The van der Waals surface area contributed by atoms with Crippen LogP contribution in [0.3, 0.4) is 0 Å². The van der Waals surface area contributed by atoms with Crippen LogP contribution in [-0.4, -0.2) is 40.0 Å². The van der Waals surface area contributed by atoms with Crippen molar-refractivity contribution in [2.75, 3.05) is 6.54 Å². The molecule has 4 N–H and O–H groups in total. The Hall–Kier alpha value is -4.30. The summed E-state index contributed by atoms with van der Waals surface area (Å²) in [4.78, 5) is 40.0. The molecule has 45 heavy (non-hydrogen) atoms. The Morgan fingerprint density at radius 1 is 0.933 bits per heavy atom. The fourth-order valence-corrected chi connectivity index (χ4v) is 6.03. The van der Waals surface area contributed by atoms with Gasteiger partial charge < -0.3 is 21.1 Å². The number of carbonyl (C=O) groups excluding carboxylic acids is 2. The fourth-order valence-electron chi connectivity index (χ4n) is 6.03. The molecule has 238 valence electrons. The van der Waals surface area contributed by atoms with Gasteiger partial charge in [0.2, 0.25) is 0 Å². The number of benzene rings is 3. The molecule has 0 aromatic heterocycles. The molecule has 1 aliphatic carbocycles. The monoisotopic (exact) mass is 613 g/mol. The standard InChI is InChI=1S/C37H44FN3O4/c1-25(2)10-19-33(28-11-13-29(14-12-28)35(44)40-23-20-34(42)43)41(37(39)21-5-4-6-22-37)36(45)26(3)30-8-7-9-31(24-30)27-15-17-32(38)18-16-27/h7-9,11-18,24-25,33H,3-6,10,19-23,39H2,1-2H3,(H,40,44)(H,42,43)/t33-/m1/s1. The molecular formula is C37H44FN3O4. The molecule has 0 radical (unpaired) electrons. The number of carboxylic acid groups (broad SMARTS) is 1. The second-order valence-electron chi connectivity index (χ2n) is 12.4. The first kappa shape index (κ1) is 33.6. The van der Waals surface area contributed by atoms with E-state index in [1.807, 2.05) is 41.3 Å². The van der Waals surface area contributed by atoms with Crippen molar-refractivity contribution in [2.24, 2.45) is 11.7 Å². The normalized spacial score (nSPS) is 14.9.